The smallest absolute Gasteiger partial charge is 0.221 e. The summed E-state index contributed by atoms with van der Waals surface area (Å²) in [7, 11) is 0. The van der Waals surface area contributed by atoms with Gasteiger partial charge in [-0.1, -0.05) is 57.0 Å². The molecule has 0 saturated carbocycles. The van der Waals surface area contributed by atoms with Crippen molar-refractivity contribution in [1.29, 1.82) is 0 Å². The van der Waals surface area contributed by atoms with Crippen molar-refractivity contribution in [2.24, 2.45) is 0 Å². The molecule has 4 nitrogen and oxygen atoms in total. The van der Waals surface area contributed by atoms with E-state index in [2.05, 4.69) is 23.6 Å². The Morgan fingerprint density at radius 3 is 2.52 bits per heavy atom. The predicted octanol–water partition coefficient (Wildman–Crippen LogP) is 4.97. The van der Waals surface area contributed by atoms with E-state index in [9.17, 15) is 4.79 Å². The van der Waals surface area contributed by atoms with E-state index in [0.717, 1.165) is 46.0 Å². The van der Waals surface area contributed by atoms with E-state index < -0.39 is 5.41 Å². The second-order valence-corrected chi connectivity index (χ2v) is 8.31. The SMILES string of the molecule is CCCCCCC(CC(=O)NCC)(C(=S)NCC)c1nc2ccccc2s1. The third kappa shape index (κ3) is 5.48. The van der Waals surface area contributed by atoms with E-state index >= 15 is 0 Å². The molecule has 0 aliphatic rings. The maximum atomic E-state index is 12.6. The molecule has 1 aromatic carbocycles. The van der Waals surface area contributed by atoms with E-state index in [4.69, 9.17) is 17.2 Å². The van der Waals surface area contributed by atoms with Crippen LogP contribution in [0.25, 0.3) is 10.2 Å². The molecular formula is C21H31N3OS2. The Morgan fingerprint density at radius 1 is 1.11 bits per heavy atom. The van der Waals surface area contributed by atoms with Crippen LogP contribution < -0.4 is 10.6 Å². The van der Waals surface area contributed by atoms with Crippen molar-refractivity contribution in [2.75, 3.05) is 13.1 Å². The van der Waals surface area contributed by atoms with Gasteiger partial charge in [-0.3, -0.25) is 4.79 Å². The third-order valence-electron chi connectivity index (χ3n) is 4.77. The fourth-order valence-corrected chi connectivity index (χ4v) is 5.02. The first-order valence-corrected chi connectivity index (χ1v) is 11.2. The van der Waals surface area contributed by atoms with Crippen LogP contribution >= 0.6 is 23.6 Å². The molecule has 0 fully saturated rings. The van der Waals surface area contributed by atoms with E-state index in [1.165, 1.54) is 12.8 Å². The summed E-state index contributed by atoms with van der Waals surface area (Å²) in [5.41, 5.74) is 0.438. The number of amides is 1. The van der Waals surface area contributed by atoms with Crippen molar-refractivity contribution in [3.05, 3.63) is 29.3 Å². The number of hydrogen-bond donors (Lipinski definition) is 2. The van der Waals surface area contributed by atoms with Gasteiger partial charge in [0.05, 0.1) is 20.6 Å². The minimum Gasteiger partial charge on any atom is -0.379 e. The summed E-state index contributed by atoms with van der Waals surface area (Å²) in [6.45, 7) is 7.56. The van der Waals surface area contributed by atoms with E-state index in [1.54, 1.807) is 11.3 Å². The lowest BCUT2D eigenvalue weighted by Crippen LogP contribution is -2.46. The largest absolute Gasteiger partial charge is 0.379 e. The molecule has 6 heteroatoms. The molecule has 1 heterocycles. The van der Waals surface area contributed by atoms with Crippen LogP contribution in [0.3, 0.4) is 0 Å². The van der Waals surface area contributed by atoms with E-state index in [-0.39, 0.29) is 5.91 Å². The Bertz CT molecular complexity index is 726. The zero-order valence-corrected chi connectivity index (χ0v) is 18.3. The monoisotopic (exact) mass is 405 g/mol. The predicted molar refractivity (Wildman–Crippen MR) is 120 cm³/mol. The second-order valence-electron chi connectivity index (χ2n) is 6.87. The zero-order valence-electron chi connectivity index (χ0n) is 16.6. The highest BCUT2D eigenvalue weighted by molar-refractivity contribution is 7.80. The highest BCUT2D eigenvalue weighted by Crippen LogP contribution is 2.39. The number of para-hydroxylation sites is 1. The average Bonchev–Trinajstić information content (AvgIpc) is 3.09. The quantitative estimate of drug-likeness (QED) is 0.409. The lowest BCUT2D eigenvalue weighted by atomic mass is 9.79. The van der Waals surface area contributed by atoms with Gasteiger partial charge in [-0.05, 0) is 32.4 Å². The van der Waals surface area contributed by atoms with Gasteiger partial charge >= 0.3 is 0 Å². The van der Waals surface area contributed by atoms with Crippen LogP contribution in [0.2, 0.25) is 0 Å². The van der Waals surface area contributed by atoms with Crippen LogP contribution in [0.5, 0.6) is 0 Å². The fourth-order valence-electron chi connectivity index (χ4n) is 3.36. The first kappa shape index (κ1) is 21.8. The van der Waals surface area contributed by atoms with Crippen LogP contribution in [0.1, 0.15) is 64.3 Å². The molecule has 0 radical (unpaired) electrons. The van der Waals surface area contributed by atoms with Crippen molar-refractivity contribution in [1.82, 2.24) is 15.6 Å². The van der Waals surface area contributed by atoms with Crippen LogP contribution in [0.15, 0.2) is 24.3 Å². The number of aromatic nitrogens is 1. The maximum absolute atomic E-state index is 12.6. The number of nitrogens with zero attached hydrogens (tertiary/aromatic N) is 1. The van der Waals surface area contributed by atoms with Crippen molar-refractivity contribution in [2.45, 2.75) is 64.7 Å². The molecule has 27 heavy (non-hydrogen) atoms. The van der Waals surface area contributed by atoms with Crippen molar-refractivity contribution >= 4 is 44.7 Å². The van der Waals surface area contributed by atoms with Crippen molar-refractivity contribution in [3.8, 4) is 0 Å². The molecule has 0 saturated heterocycles. The molecule has 1 atom stereocenters. The minimum absolute atomic E-state index is 0.0347. The Kier molecular flexibility index (Phi) is 8.64. The standard InChI is InChI=1S/C21H31N3OS2/c1-4-7-8-11-14-21(19(26)23-6-3,15-18(25)22-5-2)20-24-16-12-9-10-13-17(16)27-20/h9-10,12-13H,4-8,11,14-15H2,1-3H3,(H,22,25)(H,23,26). The molecule has 2 N–H and O–H groups in total. The second kappa shape index (κ2) is 10.7. The molecular weight excluding hydrogens is 374 g/mol. The number of thiazole rings is 1. The number of benzene rings is 1. The fraction of sp³-hybridized carbons (Fsp3) is 0.571. The van der Waals surface area contributed by atoms with Gasteiger partial charge in [-0.2, -0.15) is 0 Å². The maximum Gasteiger partial charge on any atom is 0.221 e. The topological polar surface area (TPSA) is 54.0 Å². The van der Waals surface area contributed by atoms with Crippen LogP contribution in [-0.2, 0) is 10.2 Å². The first-order valence-electron chi connectivity index (χ1n) is 9.98. The van der Waals surface area contributed by atoms with Gasteiger partial charge in [0.25, 0.3) is 0 Å². The minimum atomic E-state index is -0.540. The molecule has 2 rings (SSSR count). The summed E-state index contributed by atoms with van der Waals surface area (Å²) >= 11 is 7.49. The number of thiocarbonyl (C=S) groups is 1. The average molecular weight is 406 g/mol. The van der Waals surface area contributed by atoms with Gasteiger partial charge in [0.15, 0.2) is 0 Å². The molecule has 1 unspecified atom stereocenters. The van der Waals surface area contributed by atoms with Crippen LogP contribution in [-0.4, -0.2) is 29.0 Å². The number of carbonyl (C=O) groups is 1. The number of unbranched alkanes of at least 4 members (excludes halogenated alkanes) is 3. The number of nitrogens with one attached hydrogen (secondary N) is 2. The number of fused-ring (bicyclic) bond motifs is 1. The molecule has 0 bridgehead atoms. The molecule has 1 amide bonds. The van der Waals surface area contributed by atoms with Crippen LogP contribution in [0, 0.1) is 0 Å². The van der Waals surface area contributed by atoms with E-state index in [1.807, 2.05) is 32.0 Å². The highest BCUT2D eigenvalue weighted by Gasteiger charge is 2.41. The van der Waals surface area contributed by atoms with E-state index in [0.29, 0.717) is 13.0 Å². The molecule has 1 aromatic heterocycles. The third-order valence-corrected chi connectivity index (χ3v) is 6.54. The normalized spacial score (nSPS) is 13.3. The summed E-state index contributed by atoms with van der Waals surface area (Å²) in [6, 6.07) is 8.14. The van der Waals surface area contributed by atoms with Crippen molar-refractivity contribution < 1.29 is 4.79 Å². The Hall–Kier alpha value is -1.53. The Morgan fingerprint density at radius 2 is 1.85 bits per heavy atom. The number of hydrogen-bond acceptors (Lipinski definition) is 4. The van der Waals surface area contributed by atoms with Crippen LogP contribution in [0.4, 0.5) is 0 Å². The Labute approximate surface area is 172 Å². The van der Waals surface area contributed by atoms with Gasteiger partial charge in [0.1, 0.15) is 5.01 Å². The highest BCUT2D eigenvalue weighted by atomic mass is 32.1. The summed E-state index contributed by atoms with van der Waals surface area (Å²) in [6.07, 6.45) is 5.75. The molecule has 148 valence electrons. The van der Waals surface area contributed by atoms with Gasteiger partial charge in [0, 0.05) is 19.5 Å². The van der Waals surface area contributed by atoms with Gasteiger partial charge < -0.3 is 10.6 Å². The van der Waals surface area contributed by atoms with Gasteiger partial charge in [0.2, 0.25) is 5.91 Å². The summed E-state index contributed by atoms with van der Waals surface area (Å²) < 4.78 is 1.14. The summed E-state index contributed by atoms with van der Waals surface area (Å²) in [5.74, 6) is 0.0347. The number of rotatable bonds is 11. The Balaban J connectivity index is 2.46. The zero-order chi connectivity index (χ0) is 19.7. The van der Waals surface area contributed by atoms with Gasteiger partial charge in [-0.15, -0.1) is 11.3 Å². The summed E-state index contributed by atoms with van der Waals surface area (Å²) in [4.78, 5) is 18.3. The van der Waals surface area contributed by atoms with Crippen molar-refractivity contribution in [3.63, 3.8) is 0 Å². The van der Waals surface area contributed by atoms with Gasteiger partial charge in [-0.25, -0.2) is 4.98 Å². The first-order chi connectivity index (χ1) is 13.1. The molecule has 0 aliphatic carbocycles. The summed E-state index contributed by atoms with van der Waals surface area (Å²) in [5, 5.41) is 7.25. The number of carbonyl (C=O) groups excluding carboxylic acids is 1. The number of likely N-dealkylation sites (N-methyl/N-ethyl adjacent to an activating group) is 1. The molecule has 0 aliphatic heterocycles. The lowest BCUT2D eigenvalue weighted by Gasteiger charge is -2.32. The lowest BCUT2D eigenvalue weighted by molar-refractivity contribution is -0.121. The molecule has 2 aromatic rings. The molecule has 0 spiro atoms.